The summed E-state index contributed by atoms with van der Waals surface area (Å²) in [6.45, 7) is 4.08. The molecule has 0 aliphatic rings. The van der Waals surface area contributed by atoms with Gasteiger partial charge in [-0.1, -0.05) is 43.8 Å². The summed E-state index contributed by atoms with van der Waals surface area (Å²) in [6.07, 6.45) is -0.548. The normalized spacial score (nSPS) is 11.0. The van der Waals surface area contributed by atoms with Crippen molar-refractivity contribution in [2.24, 2.45) is 0 Å². The maximum absolute atomic E-state index is 11.2. The number of rotatable bonds is 5. The molecule has 3 aromatic carbocycles. The lowest BCUT2D eigenvalue weighted by molar-refractivity contribution is 0.186. The van der Waals surface area contributed by atoms with E-state index in [9.17, 15) is 9.59 Å². The number of nitrogens with zero attached hydrogens (tertiary/aromatic N) is 1. The van der Waals surface area contributed by atoms with E-state index < -0.39 is 6.09 Å². The van der Waals surface area contributed by atoms with Gasteiger partial charge in [0.1, 0.15) is 16.9 Å². The number of H-pyrrole nitrogens is 1. The molecule has 40 heavy (non-hydrogen) atoms. The third kappa shape index (κ3) is 5.81. The third-order valence-electron chi connectivity index (χ3n) is 5.98. The molecule has 9 nitrogen and oxygen atoms in total. The van der Waals surface area contributed by atoms with Gasteiger partial charge in [-0.05, 0) is 42.5 Å². The van der Waals surface area contributed by atoms with Crippen LogP contribution in [0.4, 0.5) is 10.7 Å². The van der Waals surface area contributed by atoms with Crippen LogP contribution in [0.3, 0.4) is 0 Å². The average Bonchev–Trinajstić information content (AvgIpc) is 3.52. The number of amides is 1. The van der Waals surface area contributed by atoms with Gasteiger partial charge in [-0.3, -0.25) is 5.32 Å². The Balaban J connectivity index is 0.000000162. The molecular weight excluding hydrogens is 530 g/mol. The first kappa shape index (κ1) is 26.9. The first-order valence-electron chi connectivity index (χ1n) is 12.5. The first-order valence-corrected chi connectivity index (χ1v) is 13.3. The number of methoxy groups -OCH3 is 2. The topological polar surface area (TPSA) is 120 Å². The van der Waals surface area contributed by atoms with E-state index in [1.54, 1.807) is 31.0 Å². The van der Waals surface area contributed by atoms with E-state index in [2.05, 4.69) is 32.2 Å². The van der Waals surface area contributed by atoms with Crippen molar-refractivity contribution >= 4 is 56.8 Å². The molecular formula is C30H27N3O6S. The largest absolute Gasteiger partial charge is 0.492 e. The van der Waals surface area contributed by atoms with Crippen molar-refractivity contribution in [2.75, 3.05) is 19.5 Å². The predicted molar refractivity (Wildman–Crippen MR) is 156 cm³/mol. The fourth-order valence-corrected chi connectivity index (χ4v) is 5.01. The molecule has 0 atom stereocenters. The van der Waals surface area contributed by atoms with E-state index in [1.165, 1.54) is 18.1 Å². The number of nitrogens with one attached hydrogen (secondary N) is 2. The van der Waals surface area contributed by atoms with Gasteiger partial charge in [0.2, 0.25) is 5.95 Å². The van der Waals surface area contributed by atoms with Gasteiger partial charge in [-0.15, -0.1) is 0 Å². The summed E-state index contributed by atoms with van der Waals surface area (Å²) in [5.74, 6) is 2.14. The second-order valence-corrected chi connectivity index (χ2v) is 10.2. The fraction of sp³-hybridized carbons (Fsp3) is 0.167. The van der Waals surface area contributed by atoms with Crippen LogP contribution < -0.4 is 15.7 Å². The molecule has 0 saturated heterocycles. The minimum atomic E-state index is -0.548. The molecule has 204 valence electrons. The minimum absolute atomic E-state index is 0.220. The quantitative estimate of drug-likeness (QED) is 0.208. The van der Waals surface area contributed by atoms with Gasteiger partial charge < -0.3 is 23.3 Å². The van der Waals surface area contributed by atoms with Gasteiger partial charge in [0, 0.05) is 33.2 Å². The summed E-state index contributed by atoms with van der Waals surface area (Å²) >= 11 is 1.67. The lowest BCUT2D eigenvalue weighted by Crippen LogP contribution is -2.11. The van der Waals surface area contributed by atoms with E-state index in [4.69, 9.17) is 13.6 Å². The second kappa shape index (κ2) is 11.6. The molecule has 0 radical (unpaired) electrons. The van der Waals surface area contributed by atoms with Gasteiger partial charge in [0.25, 0.3) is 0 Å². The van der Waals surface area contributed by atoms with Crippen molar-refractivity contribution < 1.29 is 23.1 Å². The number of imidazole rings is 1. The van der Waals surface area contributed by atoms with Crippen molar-refractivity contribution in [1.82, 2.24) is 9.97 Å². The number of carbonyl (C=O) groups is 1. The molecule has 3 heterocycles. The van der Waals surface area contributed by atoms with Crippen molar-refractivity contribution in [2.45, 2.75) is 29.6 Å². The molecule has 0 spiro atoms. The average molecular weight is 558 g/mol. The SMILES string of the molecule is COC(=O)Nc1nc2ccc(Sc3ccccc3)cc2[nH]1.COc1c(C(C)C)oc2cc3oc(=O)ccc3cc12. The molecule has 6 rings (SSSR count). The van der Waals surface area contributed by atoms with Crippen molar-refractivity contribution in [3.05, 3.63) is 89.0 Å². The Morgan fingerprint density at radius 2 is 1.75 bits per heavy atom. The number of anilines is 1. The Morgan fingerprint density at radius 3 is 2.48 bits per heavy atom. The van der Waals surface area contributed by atoms with E-state index in [1.807, 2.05) is 56.3 Å². The van der Waals surface area contributed by atoms with E-state index in [0.29, 0.717) is 17.1 Å². The number of aromatic amines is 1. The fourth-order valence-electron chi connectivity index (χ4n) is 4.13. The molecule has 0 aliphatic carbocycles. The minimum Gasteiger partial charge on any atom is -0.492 e. The Hall–Kier alpha value is -4.70. The zero-order valence-corrected chi connectivity index (χ0v) is 23.1. The van der Waals surface area contributed by atoms with E-state index in [-0.39, 0.29) is 11.5 Å². The molecule has 3 aromatic heterocycles. The first-order chi connectivity index (χ1) is 19.3. The van der Waals surface area contributed by atoms with Crippen LogP contribution >= 0.6 is 11.8 Å². The van der Waals surface area contributed by atoms with Crippen molar-refractivity contribution in [1.29, 1.82) is 0 Å². The number of carbonyl (C=O) groups excluding carboxylic acids is 1. The van der Waals surface area contributed by atoms with Gasteiger partial charge in [-0.25, -0.2) is 14.6 Å². The summed E-state index contributed by atoms with van der Waals surface area (Å²) in [5.41, 5.74) is 2.48. The zero-order chi connectivity index (χ0) is 28.2. The zero-order valence-electron chi connectivity index (χ0n) is 22.3. The van der Waals surface area contributed by atoms with Crippen LogP contribution in [0, 0.1) is 0 Å². The maximum Gasteiger partial charge on any atom is 0.413 e. The highest BCUT2D eigenvalue weighted by Crippen LogP contribution is 2.39. The number of fused-ring (bicyclic) bond motifs is 3. The Kier molecular flexibility index (Phi) is 7.79. The summed E-state index contributed by atoms with van der Waals surface area (Å²) < 4.78 is 21.0. The molecule has 0 saturated carbocycles. The highest BCUT2D eigenvalue weighted by molar-refractivity contribution is 7.99. The Bertz CT molecular complexity index is 1860. The number of furan rings is 1. The monoisotopic (exact) mass is 557 g/mol. The van der Waals surface area contributed by atoms with Crippen LogP contribution in [0.25, 0.3) is 33.0 Å². The molecule has 2 N–H and O–H groups in total. The highest BCUT2D eigenvalue weighted by Gasteiger charge is 2.18. The number of hydrogen-bond acceptors (Lipinski definition) is 8. The number of ether oxygens (including phenoxy) is 2. The van der Waals surface area contributed by atoms with Gasteiger partial charge in [0.05, 0.1) is 30.6 Å². The smallest absolute Gasteiger partial charge is 0.413 e. The molecule has 0 fully saturated rings. The van der Waals surface area contributed by atoms with Gasteiger partial charge in [-0.2, -0.15) is 0 Å². The summed E-state index contributed by atoms with van der Waals surface area (Å²) in [6, 6.07) is 22.9. The molecule has 1 amide bonds. The second-order valence-electron chi connectivity index (χ2n) is 9.09. The highest BCUT2D eigenvalue weighted by atomic mass is 32.2. The number of aromatic nitrogens is 2. The third-order valence-corrected chi connectivity index (χ3v) is 6.97. The predicted octanol–water partition coefficient (Wildman–Crippen LogP) is 7.56. The number of hydrogen-bond donors (Lipinski definition) is 2. The van der Waals surface area contributed by atoms with Crippen molar-refractivity contribution in [3.63, 3.8) is 0 Å². The van der Waals surface area contributed by atoms with Crippen LogP contribution in [0.1, 0.15) is 25.5 Å². The Labute approximate surface area is 233 Å². The lowest BCUT2D eigenvalue weighted by Gasteiger charge is -2.03. The Morgan fingerprint density at radius 1 is 0.950 bits per heavy atom. The van der Waals surface area contributed by atoms with Crippen LogP contribution in [0.15, 0.2) is 96.2 Å². The van der Waals surface area contributed by atoms with Crippen LogP contribution in [0.5, 0.6) is 5.75 Å². The van der Waals surface area contributed by atoms with E-state index >= 15 is 0 Å². The van der Waals surface area contributed by atoms with Crippen LogP contribution in [-0.2, 0) is 4.74 Å². The molecule has 0 aliphatic heterocycles. The summed E-state index contributed by atoms with van der Waals surface area (Å²) in [7, 11) is 2.94. The van der Waals surface area contributed by atoms with Crippen molar-refractivity contribution in [3.8, 4) is 5.75 Å². The standard InChI is InChI=1S/C15H13N3O2S.C15H14O4/c1-20-15(19)18-14-16-12-8-7-11(9-13(12)17-14)21-10-5-3-2-4-6-10;1-8(2)14-15(17-3)10-6-9-4-5-13(16)18-11(9)7-12(10)19-14/h2-9H,1H3,(H2,16,17,18,19);4-8H,1-3H3. The summed E-state index contributed by atoms with van der Waals surface area (Å²) in [4.78, 5) is 32.0. The maximum atomic E-state index is 11.2. The lowest BCUT2D eigenvalue weighted by atomic mass is 10.1. The summed E-state index contributed by atoms with van der Waals surface area (Å²) in [5, 5.41) is 4.26. The number of benzene rings is 3. The molecule has 10 heteroatoms. The van der Waals surface area contributed by atoms with E-state index in [0.717, 1.165) is 38.2 Å². The molecule has 6 aromatic rings. The van der Waals surface area contributed by atoms with Crippen LogP contribution in [0.2, 0.25) is 0 Å². The van der Waals surface area contributed by atoms with Crippen LogP contribution in [-0.4, -0.2) is 30.3 Å². The van der Waals surface area contributed by atoms with Gasteiger partial charge >= 0.3 is 11.7 Å². The molecule has 0 unspecified atom stereocenters. The van der Waals surface area contributed by atoms with Gasteiger partial charge in [0.15, 0.2) is 5.75 Å². The molecule has 0 bridgehead atoms.